The lowest BCUT2D eigenvalue weighted by Gasteiger charge is -2.03. The number of rotatable bonds is 2. The van der Waals surface area contributed by atoms with Crippen molar-refractivity contribution in [3.8, 4) is 0 Å². The second-order valence-electron chi connectivity index (χ2n) is 1.74. The summed E-state index contributed by atoms with van der Waals surface area (Å²) < 4.78 is 2.48. The monoisotopic (exact) mass is 233 g/mol. The van der Waals surface area contributed by atoms with Crippen LogP contribution in [0.4, 0.5) is 0 Å². The minimum Gasteiger partial charge on any atom is -0.339 e. The van der Waals surface area contributed by atoms with Crippen LogP contribution in [0, 0.1) is 0 Å². The Hall–Kier alpha value is -0.250. The summed E-state index contributed by atoms with van der Waals surface area (Å²) in [7, 11) is 0. The van der Waals surface area contributed by atoms with Crippen LogP contribution >= 0.6 is 22.6 Å². The van der Waals surface area contributed by atoms with Crippen molar-refractivity contribution in [3.63, 3.8) is 0 Å². The molecule has 1 aromatic rings. The van der Waals surface area contributed by atoms with Gasteiger partial charge in [0, 0.05) is 12.4 Å². The van der Waals surface area contributed by atoms with Gasteiger partial charge in [0.05, 0.1) is 0 Å². The average molecular weight is 233 g/mol. The molecular weight excluding hydrogens is 225 g/mol. The summed E-state index contributed by atoms with van der Waals surface area (Å²) in [5.41, 5.74) is 0. The molecule has 0 fully saturated rings. The van der Waals surface area contributed by atoms with Gasteiger partial charge in [0.1, 0.15) is 4.05 Å². The Morgan fingerprint density at radius 1 is 1.44 bits per heavy atom. The second kappa shape index (κ2) is 3.06. The van der Waals surface area contributed by atoms with E-state index in [-0.39, 0.29) is 0 Å². The highest BCUT2D eigenvalue weighted by atomic mass is 127. The molecule has 0 saturated carbocycles. The smallest absolute Gasteiger partial charge is 0.103 e. The molecule has 0 bridgehead atoms. The molecule has 0 amide bonds. The van der Waals surface area contributed by atoms with Crippen LogP contribution in [0.3, 0.4) is 0 Å². The van der Waals surface area contributed by atoms with Crippen LogP contribution in [0.2, 0.25) is 0 Å². The molecule has 1 unspecified atom stereocenters. The first kappa shape index (κ1) is 6.86. The number of hydrogen-bond acceptors (Lipinski definition) is 0. The largest absolute Gasteiger partial charge is 0.339 e. The van der Waals surface area contributed by atoms with E-state index in [0.717, 1.165) is 0 Å². The summed E-state index contributed by atoms with van der Waals surface area (Å²) in [5, 5.41) is 0. The summed E-state index contributed by atoms with van der Waals surface area (Å²) in [4.78, 5) is 0. The molecule has 48 valence electrons. The lowest BCUT2D eigenvalue weighted by Crippen LogP contribution is -1.92. The van der Waals surface area contributed by atoms with Gasteiger partial charge in [-0.2, -0.15) is 0 Å². The van der Waals surface area contributed by atoms with Crippen molar-refractivity contribution in [2.75, 3.05) is 0 Å². The SMILES string of the molecule is C=CC(I)n1cccc1. The van der Waals surface area contributed by atoms with Crippen molar-refractivity contribution in [2.24, 2.45) is 0 Å². The first-order valence-corrected chi connectivity index (χ1v) is 3.98. The number of hydrogen-bond donors (Lipinski definition) is 0. The van der Waals surface area contributed by atoms with E-state index in [1.807, 2.05) is 30.6 Å². The molecule has 0 N–H and O–H groups in total. The van der Waals surface area contributed by atoms with E-state index >= 15 is 0 Å². The third-order valence-electron chi connectivity index (χ3n) is 1.11. The lowest BCUT2D eigenvalue weighted by molar-refractivity contribution is 0.838. The molecule has 1 heterocycles. The van der Waals surface area contributed by atoms with Crippen LogP contribution in [-0.4, -0.2) is 4.57 Å². The fraction of sp³-hybridized carbons (Fsp3) is 0.143. The lowest BCUT2D eigenvalue weighted by atomic mass is 10.6. The molecule has 0 aliphatic heterocycles. The van der Waals surface area contributed by atoms with Crippen molar-refractivity contribution < 1.29 is 0 Å². The van der Waals surface area contributed by atoms with Gasteiger partial charge in [-0.15, -0.1) is 6.58 Å². The fourth-order valence-corrected chi connectivity index (χ4v) is 1.01. The Labute approximate surface area is 68.5 Å². The predicted molar refractivity (Wildman–Crippen MR) is 47.7 cm³/mol. The maximum Gasteiger partial charge on any atom is 0.103 e. The highest BCUT2D eigenvalue weighted by molar-refractivity contribution is 14.1. The molecule has 0 aromatic carbocycles. The van der Waals surface area contributed by atoms with Crippen molar-refractivity contribution in [1.82, 2.24) is 4.57 Å². The van der Waals surface area contributed by atoms with Crippen molar-refractivity contribution >= 4 is 22.6 Å². The second-order valence-corrected chi connectivity index (χ2v) is 3.01. The van der Waals surface area contributed by atoms with Crippen LogP contribution in [0.1, 0.15) is 4.05 Å². The first-order valence-electron chi connectivity index (χ1n) is 2.73. The summed E-state index contributed by atoms with van der Waals surface area (Å²) in [5.74, 6) is 0. The van der Waals surface area contributed by atoms with E-state index in [1.54, 1.807) is 0 Å². The Balaban J connectivity index is 2.76. The normalized spacial score (nSPS) is 13.0. The Morgan fingerprint density at radius 2 is 2.00 bits per heavy atom. The zero-order chi connectivity index (χ0) is 6.69. The molecule has 1 rings (SSSR count). The van der Waals surface area contributed by atoms with Gasteiger partial charge in [0.25, 0.3) is 0 Å². The predicted octanol–water partition coefficient (Wildman–Crippen LogP) is 2.61. The number of aromatic nitrogens is 1. The Morgan fingerprint density at radius 3 is 2.44 bits per heavy atom. The Kier molecular flexibility index (Phi) is 2.33. The molecule has 2 heteroatoms. The summed E-state index contributed by atoms with van der Waals surface area (Å²) >= 11 is 2.31. The van der Waals surface area contributed by atoms with Gasteiger partial charge in [0.2, 0.25) is 0 Å². The van der Waals surface area contributed by atoms with Crippen LogP contribution in [0.15, 0.2) is 37.2 Å². The zero-order valence-electron chi connectivity index (χ0n) is 5.00. The van der Waals surface area contributed by atoms with Crippen LogP contribution < -0.4 is 0 Å². The van der Waals surface area contributed by atoms with Gasteiger partial charge >= 0.3 is 0 Å². The van der Waals surface area contributed by atoms with Gasteiger partial charge in [-0.3, -0.25) is 0 Å². The van der Waals surface area contributed by atoms with Gasteiger partial charge in [0.15, 0.2) is 0 Å². The molecule has 1 atom stereocenters. The number of allylic oxidation sites excluding steroid dienone is 1. The highest BCUT2D eigenvalue weighted by Crippen LogP contribution is 2.15. The van der Waals surface area contributed by atoms with E-state index in [0.29, 0.717) is 4.05 Å². The van der Waals surface area contributed by atoms with E-state index in [9.17, 15) is 0 Å². The third-order valence-corrected chi connectivity index (χ3v) is 2.26. The van der Waals surface area contributed by atoms with Crippen molar-refractivity contribution in [1.29, 1.82) is 0 Å². The van der Waals surface area contributed by atoms with Gasteiger partial charge < -0.3 is 4.57 Å². The van der Waals surface area contributed by atoms with E-state index in [1.165, 1.54) is 0 Å². The van der Waals surface area contributed by atoms with Crippen molar-refractivity contribution in [2.45, 2.75) is 4.05 Å². The third kappa shape index (κ3) is 1.58. The summed E-state index contributed by atoms with van der Waals surface area (Å²) in [6, 6.07) is 4.02. The molecule has 1 nitrogen and oxygen atoms in total. The molecule has 0 spiro atoms. The molecule has 0 aliphatic carbocycles. The van der Waals surface area contributed by atoms with Crippen LogP contribution in [0.25, 0.3) is 0 Å². The van der Waals surface area contributed by atoms with E-state index in [4.69, 9.17) is 0 Å². The fourth-order valence-electron chi connectivity index (χ4n) is 0.634. The number of alkyl halides is 1. The molecular formula is C7H8IN. The van der Waals surface area contributed by atoms with Crippen molar-refractivity contribution in [3.05, 3.63) is 37.2 Å². The minimum absolute atomic E-state index is 0.387. The van der Waals surface area contributed by atoms with Gasteiger partial charge in [-0.1, -0.05) is 28.7 Å². The number of nitrogens with zero attached hydrogens (tertiary/aromatic N) is 1. The average Bonchev–Trinajstić information content (AvgIpc) is 2.37. The van der Waals surface area contributed by atoms with E-state index in [2.05, 4.69) is 33.7 Å². The minimum atomic E-state index is 0.387. The van der Waals surface area contributed by atoms with Gasteiger partial charge in [-0.05, 0) is 12.1 Å². The maximum atomic E-state index is 3.69. The summed E-state index contributed by atoms with van der Waals surface area (Å²) in [6.45, 7) is 3.69. The van der Waals surface area contributed by atoms with Gasteiger partial charge in [-0.25, -0.2) is 0 Å². The number of halogens is 1. The zero-order valence-corrected chi connectivity index (χ0v) is 7.15. The molecule has 0 radical (unpaired) electrons. The van der Waals surface area contributed by atoms with E-state index < -0.39 is 0 Å². The maximum absolute atomic E-state index is 3.69. The quantitative estimate of drug-likeness (QED) is 0.420. The van der Waals surface area contributed by atoms with Crippen LogP contribution in [-0.2, 0) is 0 Å². The molecule has 0 aliphatic rings. The van der Waals surface area contributed by atoms with Crippen LogP contribution in [0.5, 0.6) is 0 Å². The Bertz CT molecular complexity index is 179. The highest BCUT2D eigenvalue weighted by Gasteiger charge is 1.95. The molecule has 9 heavy (non-hydrogen) atoms. The molecule has 0 saturated heterocycles. The standard InChI is InChI=1S/C7H8IN/c1-2-7(8)9-5-3-4-6-9/h2-7H,1H2. The topological polar surface area (TPSA) is 4.93 Å². The molecule has 1 aromatic heterocycles. The summed E-state index contributed by atoms with van der Waals surface area (Å²) in [6.07, 6.45) is 5.96. The first-order chi connectivity index (χ1) is 4.34.